The van der Waals surface area contributed by atoms with Crippen molar-refractivity contribution < 1.29 is 9.59 Å². The lowest BCUT2D eigenvalue weighted by Crippen LogP contribution is -2.39. The average molecular weight is 499 g/mol. The second-order valence-corrected chi connectivity index (χ2v) is 9.67. The molecule has 2 aromatic rings. The monoisotopic (exact) mass is 498 g/mol. The van der Waals surface area contributed by atoms with Gasteiger partial charge in [-0.2, -0.15) is 0 Å². The van der Waals surface area contributed by atoms with Gasteiger partial charge in [-0.15, -0.1) is 0 Å². The summed E-state index contributed by atoms with van der Waals surface area (Å²) in [5.74, 6) is 0.724. The van der Waals surface area contributed by atoms with Gasteiger partial charge in [-0.05, 0) is 84.3 Å². The number of benzene rings is 2. The number of hydrogen-bond donors (Lipinski definition) is 2. The SMILES string of the molecule is CC1CCN(C(=O)c2cc(NC(=O)Nc3ccccc3Br)ccc2N2CCCCC2)CC1. The molecule has 2 N–H and O–H groups in total. The van der Waals surface area contributed by atoms with E-state index < -0.39 is 0 Å². The molecule has 2 aromatic carbocycles. The Morgan fingerprint density at radius 2 is 1.66 bits per heavy atom. The van der Waals surface area contributed by atoms with Crippen molar-refractivity contribution in [2.75, 3.05) is 41.7 Å². The molecule has 2 aliphatic heterocycles. The van der Waals surface area contributed by atoms with Gasteiger partial charge in [0.15, 0.2) is 0 Å². The molecule has 4 rings (SSSR count). The van der Waals surface area contributed by atoms with Crippen LogP contribution in [0.15, 0.2) is 46.9 Å². The van der Waals surface area contributed by atoms with Crippen molar-refractivity contribution in [2.45, 2.75) is 39.0 Å². The third-order valence-electron chi connectivity index (χ3n) is 6.37. The maximum atomic E-state index is 13.5. The summed E-state index contributed by atoms with van der Waals surface area (Å²) in [7, 11) is 0. The highest BCUT2D eigenvalue weighted by Gasteiger charge is 2.26. The van der Waals surface area contributed by atoms with Crippen LogP contribution in [-0.4, -0.2) is 43.0 Å². The van der Waals surface area contributed by atoms with Gasteiger partial charge in [-0.1, -0.05) is 19.1 Å². The van der Waals surface area contributed by atoms with E-state index >= 15 is 0 Å². The molecular weight excluding hydrogens is 468 g/mol. The molecule has 0 aliphatic carbocycles. The van der Waals surface area contributed by atoms with Gasteiger partial charge in [-0.25, -0.2) is 4.79 Å². The van der Waals surface area contributed by atoms with Gasteiger partial charge >= 0.3 is 6.03 Å². The first-order valence-electron chi connectivity index (χ1n) is 11.5. The van der Waals surface area contributed by atoms with E-state index in [0.717, 1.165) is 62.0 Å². The first kappa shape index (κ1) is 22.6. The summed E-state index contributed by atoms with van der Waals surface area (Å²) in [6.07, 6.45) is 5.60. The van der Waals surface area contributed by atoms with Crippen LogP contribution in [0, 0.1) is 5.92 Å². The van der Waals surface area contributed by atoms with Crippen molar-refractivity contribution in [1.29, 1.82) is 0 Å². The molecule has 0 spiro atoms. The summed E-state index contributed by atoms with van der Waals surface area (Å²) < 4.78 is 0.811. The summed E-state index contributed by atoms with van der Waals surface area (Å²) in [5, 5.41) is 5.74. The summed E-state index contributed by atoms with van der Waals surface area (Å²) in [4.78, 5) is 30.4. The highest BCUT2D eigenvalue weighted by molar-refractivity contribution is 9.10. The number of hydrogen-bond acceptors (Lipinski definition) is 3. The Kier molecular flexibility index (Phi) is 7.35. The molecule has 7 heteroatoms. The smallest absolute Gasteiger partial charge is 0.323 e. The largest absolute Gasteiger partial charge is 0.371 e. The number of nitrogens with zero attached hydrogens (tertiary/aromatic N) is 2. The Morgan fingerprint density at radius 1 is 0.938 bits per heavy atom. The van der Waals surface area contributed by atoms with E-state index in [1.807, 2.05) is 47.4 Å². The van der Waals surface area contributed by atoms with Crippen LogP contribution in [0.2, 0.25) is 0 Å². The van der Waals surface area contributed by atoms with Gasteiger partial charge in [0.2, 0.25) is 0 Å². The number of para-hydroxylation sites is 1. The zero-order valence-electron chi connectivity index (χ0n) is 18.6. The maximum absolute atomic E-state index is 13.5. The number of likely N-dealkylation sites (tertiary alicyclic amines) is 1. The Labute approximate surface area is 198 Å². The topological polar surface area (TPSA) is 64.7 Å². The lowest BCUT2D eigenvalue weighted by atomic mass is 9.98. The van der Waals surface area contributed by atoms with Crippen LogP contribution in [0.25, 0.3) is 0 Å². The molecule has 6 nitrogen and oxygen atoms in total. The van der Waals surface area contributed by atoms with Crippen molar-refractivity contribution in [3.8, 4) is 0 Å². The molecule has 0 atom stereocenters. The van der Waals surface area contributed by atoms with Gasteiger partial charge in [0.1, 0.15) is 0 Å². The number of carbonyl (C=O) groups is 2. The molecular formula is C25H31BrN4O2. The van der Waals surface area contributed by atoms with Gasteiger partial charge in [-0.3, -0.25) is 4.79 Å². The van der Waals surface area contributed by atoms with Crippen LogP contribution in [-0.2, 0) is 0 Å². The molecule has 0 bridgehead atoms. The van der Waals surface area contributed by atoms with Gasteiger partial charge < -0.3 is 20.4 Å². The minimum Gasteiger partial charge on any atom is -0.371 e. The van der Waals surface area contributed by atoms with Crippen LogP contribution in [0.4, 0.5) is 21.9 Å². The van der Waals surface area contributed by atoms with Crippen molar-refractivity contribution in [3.05, 3.63) is 52.5 Å². The van der Waals surface area contributed by atoms with Gasteiger partial charge in [0.05, 0.1) is 11.3 Å². The molecule has 0 aromatic heterocycles. The first-order valence-corrected chi connectivity index (χ1v) is 12.3. The van der Waals surface area contributed by atoms with Crippen molar-refractivity contribution in [2.24, 2.45) is 5.92 Å². The minimum atomic E-state index is -0.340. The quantitative estimate of drug-likeness (QED) is 0.546. The normalized spacial score (nSPS) is 17.2. The number of urea groups is 1. The Morgan fingerprint density at radius 3 is 2.38 bits per heavy atom. The van der Waals surface area contributed by atoms with Crippen molar-refractivity contribution in [3.63, 3.8) is 0 Å². The molecule has 2 aliphatic rings. The van der Waals surface area contributed by atoms with Gasteiger partial charge in [0, 0.05) is 42.0 Å². The summed E-state index contributed by atoms with van der Waals surface area (Å²) >= 11 is 3.44. The van der Waals surface area contributed by atoms with E-state index in [1.165, 1.54) is 6.42 Å². The molecule has 0 unspecified atom stereocenters. The zero-order valence-corrected chi connectivity index (χ0v) is 20.2. The molecule has 2 saturated heterocycles. The Balaban J connectivity index is 1.55. The summed E-state index contributed by atoms with van der Waals surface area (Å²) in [6, 6.07) is 12.8. The van der Waals surface area contributed by atoms with Gasteiger partial charge in [0.25, 0.3) is 5.91 Å². The second kappa shape index (κ2) is 10.4. The molecule has 3 amide bonds. The number of piperidine rings is 2. The number of amides is 3. The Bertz CT molecular complexity index is 966. The average Bonchev–Trinajstić information content (AvgIpc) is 2.81. The predicted octanol–water partition coefficient (Wildman–Crippen LogP) is 5.96. The fourth-order valence-corrected chi connectivity index (χ4v) is 4.81. The second-order valence-electron chi connectivity index (χ2n) is 8.81. The fourth-order valence-electron chi connectivity index (χ4n) is 4.42. The number of rotatable bonds is 4. The summed E-state index contributed by atoms with van der Waals surface area (Å²) in [5.41, 5.74) is 2.96. The highest BCUT2D eigenvalue weighted by Crippen LogP contribution is 2.30. The van der Waals surface area contributed by atoms with Crippen molar-refractivity contribution >= 4 is 44.9 Å². The van der Waals surface area contributed by atoms with E-state index in [9.17, 15) is 9.59 Å². The molecule has 0 saturated carbocycles. The third-order valence-corrected chi connectivity index (χ3v) is 7.07. The predicted molar refractivity (Wildman–Crippen MR) is 134 cm³/mol. The lowest BCUT2D eigenvalue weighted by molar-refractivity contribution is 0.0698. The highest BCUT2D eigenvalue weighted by atomic mass is 79.9. The zero-order chi connectivity index (χ0) is 22.5. The van der Waals surface area contributed by atoms with Crippen LogP contribution in [0.5, 0.6) is 0 Å². The fraction of sp³-hybridized carbons (Fsp3) is 0.440. The van der Waals surface area contributed by atoms with E-state index in [1.54, 1.807) is 0 Å². The van der Waals surface area contributed by atoms with Crippen LogP contribution < -0.4 is 15.5 Å². The van der Waals surface area contributed by atoms with Crippen molar-refractivity contribution in [1.82, 2.24) is 4.90 Å². The molecule has 2 fully saturated rings. The number of nitrogens with one attached hydrogen (secondary N) is 2. The van der Waals surface area contributed by atoms with Crippen LogP contribution in [0.3, 0.4) is 0 Å². The summed E-state index contributed by atoms with van der Waals surface area (Å²) in [6.45, 7) is 5.76. The van der Waals surface area contributed by atoms with Crippen LogP contribution in [0.1, 0.15) is 49.4 Å². The first-order chi connectivity index (χ1) is 15.5. The van der Waals surface area contributed by atoms with Crippen LogP contribution >= 0.6 is 15.9 Å². The van der Waals surface area contributed by atoms with E-state index in [4.69, 9.17) is 0 Å². The number of anilines is 3. The number of carbonyl (C=O) groups excluding carboxylic acids is 2. The van der Waals surface area contributed by atoms with E-state index in [0.29, 0.717) is 22.9 Å². The number of halogens is 1. The standard InChI is InChI=1S/C25H31BrN4O2/c1-18-11-15-30(16-12-18)24(31)20-17-19(9-10-23(20)29-13-5-2-6-14-29)27-25(32)28-22-8-4-3-7-21(22)26/h3-4,7-10,17-18H,2,5-6,11-16H2,1H3,(H2,27,28,32). The maximum Gasteiger partial charge on any atom is 0.323 e. The molecule has 32 heavy (non-hydrogen) atoms. The molecule has 170 valence electrons. The van der Waals surface area contributed by atoms with E-state index in [-0.39, 0.29) is 11.9 Å². The Hall–Kier alpha value is -2.54. The minimum absolute atomic E-state index is 0.0623. The molecule has 2 heterocycles. The third kappa shape index (κ3) is 5.44. The van der Waals surface area contributed by atoms with E-state index in [2.05, 4.69) is 38.4 Å². The molecule has 0 radical (unpaired) electrons. The lowest BCUT2D eigenvalue weighted by Gasteiger charge is -2.34.